The molecule has 0 saturated heterocycles. The van der Waals surface area contributed by atoms with Gasteiger partial charge < -0.3 is 14.6 Å². The summed E-state index contributed by atoms with van der Waals surface area (Å²) in [5.41, 5.74) is 1.12. The fourth-order valence-corrected chi connectivity index (χ4v) is 2.96. The highest BCUT2D eigenvalue weighted by molar-refractivity contribution is 5.57. The summed E-state index contributed by atoms with van der Waals surface area (Å²) >= 11 is 0. The third-order valence-corrected chi connectivity index (χ3v) is 4.16. The molecule has 116 valence electrons. The van der Waals surface area contributed by atoms with Crippen molar-refractivity contribution in [3.05, 3.63) is 54.1 Å². The average Bonchev–Trinajstić information content (AvgIpc) is 3.02. The predicted molar refractivity (Wildman–Crippen MR) is 88.9 cm³/mol. The molecule has 22 heavy (non-hydrogen) atoms. The number of para-hydroxylation sites is 1. The molecule has 1 aliphatic heterocycles. The molecular weight excluding hydrogens is 274 g/mol. The topological polar surface area (TPSA) is 39.1 Å². The van der Waals surface area contributed by atoms with Gasteiger partial charge in [0.25, 0.3) is 0 Å². The van der Waals surface area contributed by atoms with E-state index < -0.39 is 0 Å². The number of nitrogens with one attached hydrogen (secondary N) is 1. The van der Waals surface area contributed by atoms with Crippen LogP contribution in [-0.2, 0) is 13.0 Å². The number of hydrogen-bond donors (Lipinski definition) is 1. The van der Waals surface area contributed by atoms with E-state index in [0.717, 1.165) is 37.4 Å². The zero-order valence-corrected chi connectivity index (χ0v) is 13.0. The smallest absolute Gasteiger partial charge is 0.126 e. The second-order valence-corrected chi connectivity index (χ2v) is 5.70. The van der Waals surface area contributed by atoms with E-state index in [1.165, 1.54) is 12.2 Å². The third-order valence-electron chi connectivity index (χ3n) is 4.16. The minimum Gasteiger partial charge on any atom is -0.496 e. The average molecular weight is 297 g/mol. The summed E-state index contributed by atoms with van der Waals surface area (Å²) in [6, 6.07) is 8.07. The normalized spacial score (nSPS) is 17.6. The molecule has 1 aliphatic rings. The van der Waals surface area contributed by atoms with E-state index in [9.17, 15) is 0 Å². The Labute approximate surface area is 131 Å². The molecule has 1 aromatic heterocycles. The minimum absolute atomic E-state index is 0.696. The molecule has 0 bridgehead atoms. The van der Waals surface area contributed by atoms with E-state index in [1.54, 1.807) is 7.11 Å². The van der Waals surface area contributed by atoms with Gasteiger partial charge in [0.15, 0.2) is 0 Å². The van der Waals surface area contributed by atoms with E-state index in [0.29, 0.717) is 5.92 Å². The zero-order valence-electron chi connectivity index (χ0n) is 13.0. The zero-order chi connectivity index (χ0) is 15.2. The molecule has 0 spiro atoms. The van der Waals surface area contributed by atoms with Crippen LogP contribution < -0.4 is 10.1 Å². The van der Waals surface area contributed by atoms with Gasteiger partial charge in [-0.2, -0.15) is 0 Å². The Morgan fingerprint density at radius 1 is 1.41 bits per heavy atom. The number of nitrogens with zero attached hydrogens (tertiary/aromatic N) is 2. The van der Waals surface area contributed by atoms with Gasteiger partial charge in [0.05, 0.1) is 7.11 Å². The van der Waals surface area contributed by atoms with Gasteiger partial charge in [0.2, 0.25) is 0 Å². The maximum absolute atomic E-state index is 5.34. The molecule has 4 heteroatoms. The third kappa shape index (κ3) is 3.57. The van der Waals surface area contributed by atoms with Crippen LogP contribution in [0.4, 0.5) is 0 Å². The number of methoxy groups -OCH3 is 1. The van der Waals surface area contributed by atoms with Crippen LogP contribution in [0.2, 0.25) is 0 Å². The Kier molecular flexibility index (Phi) is 4.91. The standard InChI is InChI=1S/C18H23N3O/c1-22-17-7-3-2-5-16(17)6-4-10-19-13-15-8-9-18-20-11-12-21(18)14-15/h2-7,11-12,15,19H,8-10,13-14H2,1H3/b6-4+. The Morgan fingerprint density at radius 3 is 3.23 bits per heavy atom. The summed E-state index contributed by atoms with van der Waals surface area (Å²) in [7, 11) is 1.71. The summed E-state index contributed by atoms with van der Waals surface area (Å²) in [5, 5.41) is 3.52. The van der Waals surface area contributed by atoms with Crippen LogP contribution in [0.5, 0.6) is 5.75 Å². The molecule has 1 N–H and O–H groups in total. The second-order valence-electron chi connectivity index (χ2n) is 5.70. The predicted octanol–water partition coefficient (Wildman–Crippen LogP) is 2.76. The number of aromatic nitrogens is 2. The molecule has 1 unspecified atom stereocenters. The SMILES string of the molecule is COc1ccccc1/C=C/CNCC1CCc2nccn2C1. The molecule has 4 nitrogen and oxygen atoms in total. The lowest BCUT2D eigenvalue weighted by atomic mass is 9.99. The summed E-state index contributed by atoms with van der Waals surface area (Å²) in [5.74, 6) is 2.84. The van der Waals surface area contributed by atoms with E-state index in [4.69, 9.17) is 4.74 Å². The fraction of sp³-hybridized carbons (Fsp3) is 0.389. The number of aryl methyl sites for hydroxylation is 1. The van der Waals surface area contributed by atoms with Crippen LogP contribution in [0.1, 0.15) is 17.8 Å². The lowest BCUT2D eigenvalue weighted by molar-refractivity contribution is 0.352. The summed E-state index contributed by atoms with van der Waals surface area (Å²) in [6.07, 6.45) is 10.6. The Balaban J connectivity index is 1.43. The number of hydrogen-bond acceptors (Lipinski definition) is 3. The first-order chi connectivity index (χ1) is 10.9. The van der Waals surface area contributed by atoms with Crippen LogP contribution in [0.25, 0.3) is 6.08 Å². The number of fused-ring (bicyclic) bond motifs is 1. The molecule has 2 aromatic rings. The van der Waals surface area contributed by atoms with Gasteiger partial charge in [0.1, 0.15) is 11.6 Å². The van der Waals surface area contributed by atoms with Crippen molar-refractivity contribution in [2.45, 2.75) is 19.4 Å². The highest BCUT2D eigenvalue weighted by Gasteiger charge is 2.17. The van der Waals surface area contributed by atoms with Crippen LogP contribution in [0.15, 0.2) is 42.7 Å². The lowest BCUT2D eigenvalue weighted by Gasteiger charge is -2.23. The summed E-state index contributed by atoms with van der Waals surface area (Å²) in [6.45, 7) is 3.01. The highest BCUT2D eigenvalue weighted by Crippen LogP contribution is 2.19. The van der Waals surface area contributed by atoms with E-state index >= 15 is 0 Å². The molecule has 0 aliphatic carbocycles. The number of rotatable bonds is 6. The molecule has 0 saturated carbocycles. The van der Waals surface area contributed by atoms with Crippen molar-refractivity contribution >= 4 is 6.08 Å². The molecule has 2 heterocycles. The van der Waals surface area contributed by atoms with E-state index in [-0.39, 0.29) is 0 Å². The van der Waals surface area contributed by atoms with Gasteiger partial charge in [-0.1, -0.05) is 30.4 Å². The van der Waals surface area contributed by atoms with Gasteiger partial charge in [-0.15, -0.1) is 0 Å². The van der Waals surface area contributed by atoms with E-state index in [2.05, 4.69) is 39.3 Å². The van der Waals surface area contributed by atoms with Crippen molar-refractivity contribution in [1.29, 1.82) is 0 Å². The monoisotopic (exact) mass is 297 g/mol. The van der Waals surface area contributed by atoms with Gasteiger partial charge in [-0.05, 0) is 24.9 Å². The first kappa shape index (κ1) is 14.9. The van der Waals surface area contributed by atoms with Crippen LogP contribution in [0.3, 0.4) is 0 Å². The van der Waals surface area contributed by atoms with Crippen molar-refractivity contribution in [2.75, 3.05) is 20.2 Å². The molecule has 1 aromatic carbocycles. The van der Waals surface area contributed by atoms with Gasteiger partial charge in [0, 0.05) is 37.5 Å². The molecular formula is C18H23N3O. The number of benzene rings is 1. The van der Waals surface area contributed by atoms with Crippen LogP contribution in [0, 0.1) is 5.92 Å². The highest BCUT2D eigenvalue weighted by atomic mass is 16.5. The minimum atomic E-state index is 0.696. The summed E-state index contributed by atoms with van der Waals surface area (Å²) in [4.78, 5) is 4.37. The maximum Gasteiger partial charge on any atom is 0.126 e. The van der Waals surface area contributed by atoms with Gasteiger partial charge >= 0.3 is 0 Å². The Morgan fingerprint density at radius 2 is 2.32 bits per heavy atom. The number of imidazole rings is 1. The van der Waals surface area contributed by atoms with Crippen molar-refractivity contribution < 1.29 is 4.74 Å². The Hall–Kier alpha value is -2.07. The van der Waals surface area contributed by atoms with E-state index in [1.807, 2.05) is 24.4 Å². The van der Waals surface area contributed by atoms with Crippen molar-refractivity contribution in [2.24, 2.45) is 5.92 Å². The molecule has 3 rings (SSSR count). The first-order valence-electron chi connectivity index (χ1n) is 7.87. The molecule has 1 atom stereocenters. The van der Waals surface area contributed by atoms with Gasteiger partial charge in [-0.3, -0.25) is 0 Å². The fourth-order valence-electron chi connectivity index (χ4n) is 2.96. The maximum atomic E-state index is 5.34. The van der Waals surface area contributed by atoms with Crippen molar-refractivity contribution in [1.82, 2.24) is 14.9 Å². The quantitative estimate of drug-likeness (QED) is 0.833. The second kappa shape index (κ2) is 7.27. The van der Waals surface area contributed by atoms with Gasteiger partial charge in [-0.25, -0.2) is 4.98 Å². The van der Waals surface area contributed by atoms with Crippen molar-refractivity contribution in [3.63, 3.8) is 0 Å². The largest absolute Gasteiger partial charge is 0.496 e. The summed E-state index contributed by atoms with van der Waals surface area (Å²) < 4.78 is 7.62. The number of ether oxygens (including phenoxy) is 1. The van der Waals surface area contributed by atoms with Crippen LogP contribution in [-0.4, -0.2) is 29.8 Å². The van der Waals surface area contributed by atoms with Crippen molar-refractivity contribution in [3.8, 4) is 5.75 Å². The molecule has 0 fully saturated rings. The first-order valence-corrected chi connectivity index (χ1v) is 7.87. The lowest BCUT2D eigenvalue weighted by Crippen LogP contribution is -2.30. The molecule has 0 amide bonds. The molecule has 0 radical (unpaired) electrons. The van der Waals surface area contributed by atoms with Crippen LogP contribution >= 0.6 is 0 Å². The Bertz CT molecular complexity index is 633.